The number of nitrogens with one attached hydrogen (secondary N) is 2. The van der Waals surface area contributed by atoms with E-state index in [0.29, 0.717) is 16.4 Å². The second-order valence-corrected chi connectivity index (χ2v) is 6.28. The Balaban J connectivity index is 1.51. The van der Waals surface area contributed by atoms with E-state index in [1.807, 2.05) is 36.4 Å². The molecule has 0 unspecified atom stereocenters. The molecule has 0 fully saturated rings. The maximum Gasteiger partial charge on any atom is 0.258 e. The predicted molar refractivity (Wildman–Crippen MR) is 109 cm³/mol. The van der Waals surface area contributed by atoms with Crippen LogP contribution < -0.4 is 10.6 Å². The summed E-state index contributed by atoms with van der Waals surface area (Å²) in [6.07, 6.45) is 3.42. The number of carbonyl (C=O) groups is 1. The molecule has 2 aromatic heterocycles. The highest BCUT2D eigenvalue weighted by molar-refractivity contribution is 6.34. The highest BCUT2D eigenvalue weighted by Crippen LogP contribution is 2.24. The summed E-state index contributed by atoms with van der Waals surface area (Å²) in [6, 6.07) is 20.3. The molecule has 4 rings (SSSR count). The standard InChI is InChI=1S/C21H15ClN4O/c22-17-8-2-1-7-16(17)21(27)26-19-11-10-15(13-24-19)25-18-9-3-5-14-6-4-12-23-20(14)18/h1-13,25H,(H,24,26,27). The molecule has 0 aliphatic carbocycles. The fraction of sp³-hybridized carbons (Fsp3) is 0. The number of pyridine rings is 2. The van der Waals surface area contributed by atoms with Crippen LogP contribution in [-0.2, 0) is 0 Å². The van der Waals surface area contributed by atoms with Crippen molar-refractivity contribution >= 4 is 45.6 Å². The summed E-state index contributed by atoms with van der Waals surface area (Å²) in [5.74, 6) is 0.147. The second kappa shape index (κ2) is 7.43. The smallest absolute Gasteiger partial charge is 0.258 e. The molecule has 0 atom stereocenters. The van der Waals surface area contributed by atoms with Gasteiger partial charge in [0.2, 0.25) is 0 Å². The molecule has 0 aliphatic heterocycles. The normalized spacial score (nSPS) is 10.6. The van der Waals surface area contributed by atoms with E-state index in [1.54, 1.807) is 42.7 Å². The van der Waals surface area contributed by atoms with Gasteiger partial charge in [-0.15, -0.1) is 0 Å². The van der Waals surface area contributed by atoms with Crippen LogP contribution >= 0.6 is 11.6 Å². The summed E-state index contributed by atoms with van der Waals surface area (Å²) in [6.45, 7) is 0. The lowest BCUT2D eigenvalue weighted by Gasteiger charge is -2.10. The number of halogens is 1. The predicted octanol–water partition coefficient (Wildman–Crippen LogP) is 5.28. The maximum atomic E-state index is 12.3. The number of carbonyl (C=O) groups excluding carboxylic acids is 1. The zero-order valence-electron chi connectivity index (χ0n) is 14.2. The van der Waals surface area contributed by atoms with Gasteiger partial charge in [0.05, 0.1) is 33.7 Å². The van der Waals surface area contributed by atoms with E-state index >= 15 is 0 Å². The number of amides is 1. The number of hydrogen-bond acceptors (Lipinski definition) is 4. The van der Waals surface area contributed by atoms with Crippen molar-refractivity contribution < 1.29 is 4.79 Å². The summed E-state index contributed by atoms with van der Waals surface area (Å²) in [7, 11) is 0. The molecule has 0 bridgehead atoms. The van der Waals surface area contributed by atoms with Crippen molar-refractivity contribution in [3.8, 4) is 0 Å². The quantitative estimate of drug-likeness (QED) is 0.510. The fourth-order valence-corrected chi connectivity index (χ4v) is 2.95. The SMILES string of the molecule is O=C(Nc1ccc(Nc2cccc3cccnc23)cn1)c1ccccc1Cl. The summed E-state index contributed by atoms with van der Waals surface area (Å²) < 4.78 is 0. The van der Waals surface area contributed by atoms with Gasteiger partial charge in [0.1, 0.15) is 5.82 Å². The number of fused-ring (bicyclic) bond motifs is 1. The van der Waals surface area contributed by atoms with Crippen LogP contribution in [0.1, 0.15) is 10.4 Å². The van der Waals surface area contributed by atoms with Gasteiger partial charge in [0.25, 0.3) is 5.91 Å². The molecule has 5 nitrogen and oxygen atoms in total. The number of nitrogens with zero attached hydrogens (tertiary/aromatic N) is 2. The van der Waals surface area contributed by atoms with Gasteiger partial charge in [-0.2, -0.15) is 0 Å². The summed E-state index contributed by atoms with van der Waals surface area (Å²) >= 11 is 6.05. The van der Waals surface area contributed by atoms with Crippen LogP contribution in [0, 0.1) is 0 Å². The highest BCUT2D eigenvalue weighted by Gasteiger charge is 2.10. The largest absolute Gasteiger partial charge is 0.352 e. The Bertz CT molecular complexity index is 1110. The lowest BCUT2D eigenvalue weighted by Crippen LogP contribution is -2.13. The first-order valence-electron chi connectivity index (χ1n) is 8.33. The van der Waals surface area contributed by atoms with Gasteiger partial charge in [-0.3, -0.25) is 9.78 Å². The Morgan fingerprint density at radius 3 is 2.56 bits per heavy atom. The van der Waals surface area contributed by atoms with Crippen molar-refractivity contribution in [2.24, 2.45) is 0 Å². The van der Waals surface area contributed by atoms with Gasteiger partial charge in [-0.25, -0.2) is 4.98 Å². The fourth-order valence-electron chi connectivity index (χ4n) is 2.73. The molecule has 27 heavy (non-hydrogen) atoms. The van der Waals surface area contributed by atoms with Gasteiger partial charge in [0.15, 0.2) is 0 Å². The molecule has 0 spiro atoms. The minimum absolute atomic E-state index is 0.299. The van der Waals surface area contributed by atoms with Gasteiger partial charge < -0.3 is 10.6 Å². The van der Waals surface area contributed by atoms with E-state index in [4.69, 9.17) is 11.6 Å². The molecular weight excluding hydrogens is 360 g/mol. The van der Waals surface area contributed by atoms with E-state index in [9.17, 15) is 4.79 Å². The Hall–Kier alpha value is -3.44. The molecule has 2 aromatic carbocycles. The highest BCUT2D eigenvalue weighted by atomic mass is 35.5. The van der Waals surface area contributed by atoms with Gasteiger partial charge in [-0.1, -0.05) is 41.9 Å². The van der Waals surface area contributed by atoms with Crippen LogP contribution in [0.3, 0.4) is 0 Å². The average molecular weight is 375 g/mol. The third kappa shape index (κ3) is 3.73. The van der Waals surface area contributed by atoms with Crippen molar-refractivity contribution in [1.29, 1.82) is 0 Å². The number of benzene rings is 2. The Morgan fingerprint density at radius 1 is 0.889 bits per heavy atom. The Morgan fingerprint density at radius 2 is 1.74 bits per heavy atom. The lowest BCUT2D eigenvalue weighted by atomic mass is 10.2. The summed E-state index contributed by atoms with van der Waals surface area (Å²) in [5, 5.41) is 7.51. The molecule has 2 heterocycles. The number of aromatic nitrogens is 2. The zero-order chi connectivity index (χ0) is 18.6. The first-order chi connectivity index (χ1) is 13.2. The van der Waals surface area contributed by atoms with Crippen LogP contribution in [0.5, 0.6) is 0 Å². The van der Waals surface area contributed by atoms with E-state index in [2.05, 4.69) is 20.6 Å². The molecule has 0 saturated carbocycles. The van der Waals surface area contributed by atoms with Crippen molar-refractivity contribution in [2.75, 3.05) is 10.6 Å². The molecule has 132 valence electrons. The molecule has 6 heteroatoms. The molecule has 4 aromatic rings. The molecule has 1 amide bonds. The Kier molecular flexibility index (Phi) is 4.68. The van der Waals surface area contributed by atoms with Gasteiger partial charge in [0, 0.05) is 11.6 Å². The van der Waals surface area contributed by atoms with E-state index in [-0.39, 0.29) is 5.91 Å². The van der Waals surface area contributed by atoms with E-state index < -0.39 is 0 Å². The van der Waals surface area contributed by atoms with Gasteiger partial charge in [-0.05, 0) is 36.4 Å². The second-order valence-electron chi connectivity index (χ2n) is 5.87. The first kappa shape index (κ1) is 17.0. The van der Waals surface area contributed by atoms with E-state index in [0.717, 1.165) is 22.3 Å². The van der Waals surface area contributed by atoms with Gasteiger partial charge >= 0.3 is 0 Å². The molecule has 0 aliphatic rings. The minimum Gasteiger partial charge on any atom is -0.352 e. The molecular formula is C21H15ClN4O. The van der Waals surface area contributed by atoms with Crippen LogP contribution in [0.2, 0.25) is 5.02 Å². The monoisotopic (exact) mass is 374 g/mol. The first-order valence-corrected chi connectivity index (χ1v) is 8.71. The number of para-hydroxylation sites is 1. The van der Waals surface area contributed by atoms with Crippen LogP contribution in [-0.4, -0.2) is 15.9 Å². The number of hydrogen-bond donors (Lipinski definition) is 2. The Labute approximate surface area is 161 Å². The third-order valence-corrected chi connectivity index (χ3v) is 4.36. The zero-order valence-corrected chi connectivity index (χ0v) is 14.9. The molecule has 0 saturated heterocycles. The average Bonchev–Trinajstić information content (AvgIpc) is 2.70. The van der Waals surface area contributed by atoms with Crippen LogP contribution in [0.15, 0.2) is 79.1 Å². The van der Waals surface area contributed by atoms with Crippen LogP contribution in [0.25, 0.3) is 10.9 Å². The summed E-state index contributed by atoms with van der Waals surface area (Å²) in [5.41, 5.74) is 2.98. The molecule has 0 radical (unpaired) electrons. The lowest BCUT2D eigenvalue weighted by molar-refractivity contribution is 0.102. The third-order valence-electron chi connectivity index (χ3n) is 4.04. The van der Waals surface area contributed by atoms with Crippen molar-refractivity contribution in [2.45, 2.75) is 0 Å². The topological polar surface area (TPSA) is 66.9 Å². The maximum absolute atomic E-state index is 12.3. The van der Waals surface area contributed by atoms with E-state index in [1.165, 1.54) is 0 Å². The minimum atomic E-state index is -0.299. The molecule has 2 N–H and O–H groups in total. The van der Waals surface area contributed by atoms with Crippen molar-refractivity contribution in [1.82, 2.24) is 9.97 Å². The number of rotatable bonds is 4. The number of anilines is 3. The summed E-state index contributed by atoms with van der Waals surface area (Å²) in [4.78, 5) is 21.0. The van der Waals surface area contributed by atoms with Crippen molar-refractivity contribution in [3.05, 3.63) is 89.7 Å². The van der Waals surface area contributed by atoms with Crippen molar-refractivity contribution in [3.63, 3.8) is 0 Å². The van der Waals surface area contributed by atoms with Crippen LogP contribution in [0.4, 0.5) is 17.2 Å².